The molecule has 0 bridgehead atoms. The molecule has 0 aromatic carbocycles. The number of nitrogens with two attached hydrogens (primary N) is 1. The van der Waals surface area contributed by atoms with Gasteiger partial charge in [-0.3, -0.25) is 5.41 Å². The van der Waals surface area contributed by atoms with E-state index >= 15 is 0 Å². The quantitative estimate of drug-likeness (QED) is 0.630. The lowest BCUT2D eigenvalue weighted by atomic mass is 9.94. The number of ether oxygens (including phenoxy) is 1. The summed E-state index contributed by atoms with van der Waals surface area (Å²) in [6.45, 7) is 1.36. The molecule has 0 spiro atoms. The van der Waals surface area contributed by atoms with E-state index in [1.807, 2.05) is 17.7 Å². The van der Waals surface area contributed by atoms with Gasteiger partial charge in [-0.15, -0.1) is 0 Å². The Labute approximate surface area is 137 Å². The summed E-state index contributed by atoms with van der Waals surface area (Å²) < 4.78 is 7.63. The van der Waals surface area contributed by atoms with Crippen LogP contribution in [-0.2, 0) is 11.8 Å². The monoisotopic (exact) mass is 369 g/mol. The van der Waals surface area contributed by atoms with Crippen LogP contribution in [0.3, 0.4) is 0 Å². The number of hydrogen-bond donors (Lipinski definition) is 2. The van der Waals surface area contributed by atoms with Crippen LogP contribution >= 0.6 is 15.9 Å². The smallest absolute Gasteiger partial charge is 0.409 e. The van der Waals surface area contributed by atoms with Gasteiger partial charge in [0.2, 0.25) is 0 Å². The predicted molar refractivity (Wildman–Crippen MR) is 88.6 cm³/mol. The lowest BCUT2D eigenvalue weighted by Crippen LogP contribution is -2.38. The van der Waals surface area contributed by atoms with E-state index in [1.54, 1.807) is 4.90 Å². The molecule has 120 valence electrons. The summed E-state index contributed by atoms with van der Waals surface area (Å²) in [4.78, 5) is 17.1. The molecule has 2 rings (SSSR count). The van der Waals surface area contributed by atoms with E-state index in [0.29, 0.717) is 24.8 Å². The van der Waals surface area contributed by atoms with Crippen LogP contribution in [0.25, 0.3) is 0 Å². The molecule has 0 atom stereocenters. The number of likely N-dealkylation sites (tertiary alicyclic amines) is 1. The van der Waals surface area contributed by atoms with Gasteiger partial charge in [-0.1, -0.05) is 0 Å². The average Bonchev–Trinajstić information content (AvgIpc) is 2.81. The minimum Gasteiger partial charge on any atom is -0.453 e. The fourth-order valence-electron chi connectivity index (χ4n) is 2.89. The van der Waals surface area contributed by atoms with Gasteiger partial charge in [-0.2, -0.15) is 0 Å². The molecular formula is C14H20BrN5O2. The van der Waals surface area contributed by atoms with E-state index in [9.17, 15) is 4.79 Å². The first-order valence-electron chi connectivity index (χ1n) is 7.00. The molecule has 3 N–H and O–H groups in total. The van der Waals surface area contributed by atoms with Gasteiger partial charge in [0.05, 0.1) is 12.8 Å². The first-order valence-corrected chi connectivity index (χ1v) is 7.79. The van der Waals surface area contributed by atoms with Crippen LogP contribution in [0.15, 0.2) is 15.5 Å². The molecule has 1 saturated heterocycles. The Morgan fingerprint density at radius 3 is 2.73 bits per heavy atom. The minimum absolute atomic E-state index is 0.269. The van der Waals surface area contributed by atoms with E-state index in [1.165, 1.54) is 7.11 Å². The van der Waals surface area contributed by atoms with Crippen molar-refractivity contribution in [2.45, 2.75) is 18.8 Å². The second-order valence-electron chi connectivity index (χ2n) is 5.20. The zero-order chi connectivity index (χ0) is 16.3. The van der Waals surface area contributed by atoms with Crippen LogP contribution in [0.1, 0.15) is 30.1 Å². The van der Waals surface area contributed by atoms with Crippen LogP contribution in [-0.4, -0.2) is 47.9 Å². The molecule has 22 heavy (non-hydrogen) atoms. The van der Waals surface area contributed by atoms with E-state index < -0.39 is 0 Å². The fraction of sp³-hybridized carbons (Fsp3) is 0.500. The van der Waals surface area contributed by atoms with Crippen molar-refractivity contribution in [2.24, 2.45) is 17.8 Å². The Morgan fingerprint density at radius 1 is 1.55 bits per heavy atom. The van der Waals surface area contributed by atoms with Crippen LogP contribution < -0.4 is 5.73 Å². The van der Waals surface area contributed by atoms with Crippen molar-refractivity contribution in [3.05, 3.63) is 21.9 Å². The molecule has 1 amide bonds. The SMILES string of the molecule is COC(=O)N1CCC(c2cc(Br)c(C(N)=NC=N)n2C)CC1. The summed E-state index contributed by atoms with van der Waals surface area (Å²) in [7, 11) is 3.34. The number of nitrogens with zero attached hydrogens (tertiary/aromatic N) is 3. The maximum absolute atomic E-state index is 11.5. The normalized spacial score (nSPS) is 16.7. The van der Waals surface area contributed by atoms with Crippen molar-refractivity contribution in [1.29, 1.82) is 5.41 Å². The van der Waals surface area contributed by atoms with E-state index in [4.69, 9.17) is 15.9 Å². The third-order valence-electron chi connectivity index (χ3n) is 4.02. The molecule has 1 aliphatic rings. The Kier molecular flexibility index (Phi) is 5.23. The Balaban J connectivity index is 2.18. The number of aromatic nitrogens is 1. The second kappa shape index (κ2) is 6.95. The highest BCUT2D eigenvalue weighted by atomic mass is 79.9. The maximum atomic E-state index is 11.5. The Bertz CT molecular complexity index is 603. The summed E-state index contributed by atoms with van der Waals surface area (Å²) >= 11 is 3.51. The van der Waals surface area contributed by atoms with Crippen LogP contribution in [0.5, 0.6) is 0 Å². The van der Waals surface area contributed by atoms with Gasteiger partial charge in [-0.25, -0.2) is 9.79 Å². The highest BCUT2D eigenvalue weighted by molar-refractivity contribution is 9.10. The largest absolute Gasteiger partial charge is 0.453 e. The summed E-state index contributed by atoms with van der Waals surface area (Å²) in [5.41, 5.74) is 7.83. The third kappa shape index (κ3) is 3.16. The number of halogens is 1. The lowest BCUT2D eigenvalue weighted by Gasteiger charge is -2.31. The molecule has 0 unspecified atom stereocenters. The molecule has 8 heteroatoms. The summed E-state index contributed by atoms with van der Waals surface area (Å²) in [6, 6.07) is 2.04. The fourth-order valence-corrected chi connectivity index (χ4v) is 3.59. The third-order valence-corrected chi connectivity index (χ3v) is 4.62. The molecule has 0 aliphatic carbocycles. The van der Waals surface area contributed by atoms with Gasteiger partial charge < -0.3 is 19.9 Å². The van der Waals surface area contributed by atoms with Gasteiger partial charge in [0.15, 0.2) is 0 Å². The highest BCUT2D eigenvalue weighted by Crippen LogP contribution is 2.32. The molecule has 1 aliphatic heterocycles. The van der Waals surface area contributed by atoms with Gasteiger partial charge in [0.1, 0.15) is 12.2 Å². The van der Waals surface area contributed by atoms with Gasteiger partial charge in [0.25, 0.3) is 0 Å². The molecular weight excluding hydrogens is 350 g/mol. The predicted octanol–water partition coefficient (Wildman–Crippen LogP) is 2.05. The number of nitrogens with one attached hydrogen (secondary N) is 1. The molecule has 0 radical (unpaired) electrons. The van der Waals surface area contributed by atoms with Gasteiger partial charge >= 0.3 is 6.09 Å². The van der Waals surface area contributed by atoms with Crippen molar-refractivity contribution in [1.82, 2.24) is 9.47 Å². The minimum atomic E-state index is -0.269. The van der Waals surface area contributed by atoms with Gasteiger partial charge in [-0.05, 0) is 34.8 Å². The average molecular weight is 370 g/mol. The summed E-state index contributed by atoms with van der Waals surface area (Å²) in [6.07, 6.45) is 2.42. The number of carbonyl (C=O) groups is 1. The topological polar surface area (TPSA) is 96.7 Å². The van der Waals surface area contributed by atoms with Crippen molar-refractivity contribution < 1.29 is 9.53 Å². The van der Waals surface area contributed by atoms with E-state index in [2.05, 4.69) is 20.9 Å². The zero-order valence-corrected chi connectivity index (χ0v) is 14.3. The number of amides is 1. The number of aliphatic imine (C=N–C) groups is 1. The first-order chi connectivity index (χ1) is 10.5. The molecule has 2 heterocycles. The molecule has 7 nitrogen and oxygen atoms in total. The van der Waals surface area contributed by atoms with Gasteiger partial charge in [0, 0.05) is 36.2 Å². The lowest BCUT2D eigenvalue weighted by molar-refractivity contribution is 0.112. The highest BCUT2D eigenvalue weighted by Gasteiger charge is 2.27. The first kappa shape index (κ1) is 16.5. The molecule has 0 saturated carbocycles. The molecule has 1 aromatic heterocycles. The van der Waals surface area contributed by atoms with Crippen LogP contribution in [0.4, 0.5) is 4.79 Å². The van der Waals surface area contributed by atoms with Crippen molar-refractivity contribution >= 4 is 34.2 Å². The second-order valence-corrected chi connectivity index (χ2v) is 6.05. The zero-order valence-electron chi connectivity index (χ0n) is 12.7. The number of piperidine rings is 1. The number of rotatable bonds is 3. The molecule has 1 fully saturated rings. The summed E-state index contributed by atoms with van der Waals surface area (Å²) in [5.74, 6) is 0.659. The van der Waals surface area contributed by atoms with E-state index in [0.717, 1.165) is 35.0 Å². The maximum Gasteiger partial charge on any atom is 0.409 e. The van der Waals surface area contributed by atoms with Crippen molar-refractivity contribution in [3.63, 3.8) is 0 Å². The van der Waals surface area contributed by atoms with Crippen molar-refractivity contribution in [2.75, 3.05) is 20.2 Å². The number of carbonyl (C=O) groups excluding carboxylic acids is 1. The van der Waals surface area contributed by atoms with Crippen molar-refractivity contribution in [3.8, 4) is 0 Å². The molecule has 1 aromatic rings. The standard InChI is InChI=1S/C14H20BrN5O2/c1-19-11(7-10(15)12(19)13(17)18-8-16)9-3-5-20(6-4-9)14(21)22-2/h7-9H,3-6H2,1-2H3,(H3,16,17,18). The van der Waals surface area contributed by atoms with Crippen LogP contribution in [0, 0.1) is 5.41 Å². The Morgan fingerprint density at radius 2 is 2.18 bits per heavy atom. The number of hydrogen-bond acceptors (Lipinski definition) is 3. The Hall–Kier alpha value is -1.83. The van der Waals surface area contributed by atoms with E-state index in [-0.39, 0.29) is 6.09 Å². The summed E-state index contributed by atoms with van der Waals surface area (Å²) in [5, 5.41) is 7.04. The number of methoxy groups -OCH3 is 1. The van der Waals surface area contributed by atoms with Crippen LogP contribution in [0.2, 0.25) is 0 Å². The number of amidine groups is 1.